The van der Waals surface area contributed by atoms with Crippen LogP contribution >= 0.6 is 0 Å². The van der Waals surface area contributed by atoms with Gasteiger partial charge in [-0.2, -0.15) is 13.2 Å². The number of alkyl halides is 3. The van der Waals surface area contributed by atoms with Crippen LogP contribution in [-0.4, -0.2) is 14.5 Å². The quantitative estimate of drug-likeness (QED) is 0.519. The zero-order chi connectivity index (χ0) is 22.1. The van der Waals surface area contributed by atoms with E-state index in [1.165, 1.54) is 25.1 Å². The Bertz CT molecular complexity index is 1080. The number of allylic oxidation sites excluding steroid dienone is 1. The molecule has 0 radical (unpaired) electrons. The molecule has 0 aliphatic rings. The maximum absolute atomic E-state index is 14.7. The van der Waals surface area contributed by atoms with Crippen LogP contribution in [0.3, 0.4) is 0 Å². The highest BCUT2D eigenvalue weighted by molar-refractivity contribution is 5.77. The number of nitrogens with zero attached hydrogens (tertiary/aromatic N) is 3. The summed E-state index contributed by atoms with van der Waals surface area (Å²) in [7, 11) is 0. The van der Waals surface area contributed by atoms with Crippen LogP contribution in [0, 0.1) is 24.4 Å². The Labute approximate surface area is 167 Å². The highest BCUT2D eigenvalue weighted by Crippen LogP contribution is 2.31. The number of hydrogen-bond donors (Lipinski definition) is 1. The lowest BCUT2D eigenvalue weighted by Crippen LogP contribution is -2.06. The van der Waals surface area contributed by atoms with Crippen LogP contribution in [-0.2, 0) is 6.18 Å². The van der Waals surface area contributed by atoms with Gasteiger partial charge in [0.25, 0.3) is 0 Å². The lowest BCUT2D eigenvalue weighted by atomic mass is 10.1. The van der Waals surface area contributed by atoms with E-state index in [0.717, 1.165) is 23.0 Å². The summed E-state index contributed by atoms with van der Waals surface area (Å²) in [5.41, 5.74) is -1.42. The summed E-state index contributed by atoms with van der Waals surface area (Å²) in [4.78, 5) is 6.84. The summed E-state index contributed by atoms with van der Waals surface area (Å²) in [5, 5.41) is 2.75. The fraction of sp³-hybridized carbons (Fsp3) is 0.200. The normalized spacial score (nSPS) is 12.3. The van der Waals surface area contributed by atoms with Crippen molar-refractivity contribution in [2.75, 3.05) is 5.32 Å². The van der Waals surface area contributed by atoms with E-state index in [0.29, 0.717) is 12.6 Å². The van der Waals surface area contributed by atoms with E-state index < -0.39 is 29.3 Å². The number of anilines is 1. The summed E-state index contributed by atoms with van der Waals surface area (Å²) in [6.07, 6.45) is -0.306. The maximum atomic E-state index is 14.7. The minimum atomic E-state index is -4.66. The summed E-state index contributed by atoms with van der Waals surface area (Å²) in [5.74, 6) is -2.68. The average molecular weight is 426 g/mol. The van der Waals surface area contributed by atoms with Gasteiger partial charge in [0.1, 0.15) is 11.6 Å². The Kier molecular flexibility index (Phi) is 5.86. The van der Waals surface area contributed by atoms with Crippen molar-refractivity contribution >= 4 is 11.4 Å². The number of aryl methyl sites for hydroxylation is 1. The number of pyridine rings is 1. The van der Waals surface area contributed by atoms with Crippen LogP contribution in [0.15, 0.2) is 42.9 Å². The van der Waals surface area contributed by atoms with Gasteiger partial charge in [0.2, 0.25) is 0 Å². The molecule has 2 heterocycles. The lowest BCUT2D eigenvalue weighted by molar-refractivity contribution is -0.141. The van der Waals surface area contributed by atoms with Gasteiger partial charge in [-0.25, -0.2) is 18.2 Å². The van der Waals surface area contributed by atoms with Gasteiger partial charge in [0, 0.05) is 17.6 Å². The first-order valence-electron chi connectivity index (χ1n) is 8.81. The predicted octanol–water partition coefficient (Wildman–Crippen LogP) is 5.87. The van der Waals surface area contributed by atoms with Gasteiger partial charge in [-0.1, -0.05) is 13.0 Å². The Morgan fingerprint density at radius 2 is 1.77 bits per heavy atom. The van der Waals surface area contributed by atoms with Crippen molar-refractivity contribution in [2.24, 2.45) is 0 Å². The van der Waals surface area contributed by atoms with E-state index in [1.807, 2.05) is 0 Å². The molecule has 1 N–H and O–H groups in total. The van der Waals surface area contributed by atoms with E-state index in [4.69, 9.17) is 0 Å². The molecular formula is C20H16F6N4. The SMILES string of the molecule is CC/C=C(\Nc1ccc(-n2cc(C(F)(F)F)nc2C)c(F)c1)c1c(F)cncc1F. The van der Waals surface area contributed by atoms with Crippen LogP contribution in [0.2, 0.25) is 0 Å². The zero-order valence-corrected chi connectivity index (χ0v) is 15.9. The van der Waals surface area contributed by atoms with Crippen molar-refractivity contribution in [1.82, 2.24) is 14.5 Å². The minimum absolute atomic E-state index is 0.0468. The zero-order valence-electron chi connectivity index (χ0n) is 15.9. The van der Waals surface area contributed by atoms with E-state index >= 15 is 0 Å². The monoisotopic (exact) mass is 426 g/mol. The molecule has 10 heteroatoms. The van der Waals surface area contributed by atoms with Crippen molar-refractivity contribution in [2.45, 2.75) is 26.4 Å². The predicted molar refractivity (Wildman–Crippen MR) is 99.3 cm³/mol. The molecule has 0 bridgehead atoms. The summed E-state index contributed by atoms with van der Waals surface area (Å²) in [6.45, 7) is 3.07. The highest BCUT2D eigenvalue weighted by atomic mass is 19.4. The van der Waals surface area contributed by atoms with Gasteiger partial charge in [0.05, 0.1) is 23.6 Å². The van der Waals surface area contributed by atoms with Crippen molar-refractivity contribution in [1.29, 1.82) is 0 Å². The van der Waals surface area contributed by atoms with Gasteiger partial charge in [-0.3, -0.25) is 4.98 Å². The lowest BCUT2D eigenvalue weighted by Gasteiger charge is -2.14. The number of halogens is 6. The van der Waals surface area contributed by atoms with E-state index in [-0.39, 0.29) is 28.5 Å². The molecule has 0 saturated carbocycles. The van der Waals surface area contributed by atoms with E-state index in [2.05, 4.69) is 15.3 Å². The van der Waals surface area contributed by atoms with Crippen LogP contribution in [0.4, 0.5) is 32.0 Å². The van der Waals surface area contributed by atoms with Crippen molar-refractivity contribution < 1.29 is 26.3 Å². The molecule has 30 heavy (non-hydrogen) atoms. The van der Waals surface area contributed by atoms with E-state index in [1.54, 1.807) is 6.92 Å². The average Bonchev–Trinajstić information content (AvgIpc) is 3.04. The minimum Gasteiger partial charge on any atom is -0.355 e. The summed E-state index contributed by atoms with van der Waals surface area (Å²) < 4.78 is 82.4. The third-order valence-corrected chi connectivity index (χ3v) is 4.19. The molecule has 0 aliphatic heterocycles. The van der Waals surface area contributed by atoms with Gasteiger partial charge in [0.15, 0.2) is 17.3 Å². The topological polar surface area (TPSA) is 42.7 Å². The second-order valence-corrected chi connectivity index (χ2v) is 6.34. The molecule has 2 aromatic heterocycles. The maximum Gasteiger partial charge on any atom is 0.434 e. The van der Waals surface area contributed by atoms with Crippen LogP contribution < -0.4 is 5.32 Å². The second kappa shape index (κ2) is 8.21. The molecule has 4 nitrogen and oxygen atoms in total. The van der Waals surface area contributed by atoms with Crippen LogP contribution in [0.25, 0.3) is 11.4 Å². The summed E-state index contributed by atoms with van der Waals surface area (Å²) in [6, 6.07) is 3.64. The number of aromatic nitrogens is 3. The van der Waals surface area contributed by atoms with Gasteiger partial charge in [-0.05, 0) is 31.5 Å². The van der Waals surface area contributed by atoms with Crippen LogP contribution in [0.5, 0.6) is 0 Å². The van der Waals surface area contributed by atoms with Crippen LogP contribution in [0.1, 0.15) is 30.4 Å². The highest BCUT2D eigenvalue weighted by Gasteiger charge is 2.34. The number of benzene rings is 1. The molecule has 0 spiro atoms. The molecule has 0 aliphatic carbocycles. The van der Waals surface area contributed by atoms with Gasteiger partial charge >= 0.3 is 6.18 Å². The number of rotatable bonds is 5. The largest absolute Gasteiger partial charge is 0.434 e. The fourth-order valence-corrected chi connectivity index (χ4v) is 2.88. The molecule has 0 fully saturated rings. The standard InChI is InChI=1S/C20H16F6N4/c1-3-4-16(19-14(22)8-27-9-15(19)23)29-12-5-6-17(13(21)7-12)30-10-18(20(24,25)26)28-11(30)2/h4-10,29H,3H2,1-2H3/b16-4-. The summed E-state index contributed by atoms with van der Waals surface area (Å²) >= 11 is 0. The molecule has 0 unspecified atom stereocenters. The number of nitrogens with one attached hydrogen (secondary N) is 1. The second-order valence-electron chi connectivity index (χ2n) is 6.34. The third kappa shape index (κ3) is 4.32. The fourth-order valence-electron chi connectivity index (χ4n) is 2.88. The van der Waals surface area contributed by atoms with Crippen molar-refractivity contribution in [3.8, 4) is 5.69 Å². The first kappa shape index (κ1) is 21.4. The molecule has 3 aromatic rings. The first-order valence-corrected chi connectivity index (χ1v) is 8.81. The molecule has 1 aromatic carbocycles. The molecule has 3 rings (SSSR count). The Balaban J connectivity index is 1.95. The molecule has 158 valence electrons. The number of hydrogen-bond acceptors (Lipinski definition) is 3. The van der Waals surface area contributed by atoms with Crippen molar-refractivity contribution in [3.05, 3.63) is 77.4 Å². The Hall–Kier alpha value is -3.30. The van der Waals surface area contributed by atoms with Gasteiger partial charge in [-0.15, -0.1) is 0 Å². The number of imidazole rings is 1. The van der Waals surface area contributed by atoms with Gasteiger partial charge < -0.3 is 9.88 Å². The smallest absolute Gasteiger partial charge is 0.355 e. The Morgan fingerprint density at radius 3 is 2.30 bits per heavy atom. The third-order valence-electron chi connectivity index (χ3n) is 4.19. The molecule has 0 amide bonds. The molecule has 0 saturated heterocycles. The first-order chi connectivity index (χ1) is 14.1. The Morgan fingerprint density at radius 1 is 1.10 bits per heavy atom. The molecule has 0 atom stereocenters. The van der Waals surface area contributed by atoms with Crippen molar-refractivity contribution in [3.63, 3.8) is 0 Å². The van der Waals surface area contributed by atoms with E-state index in [9.17, 15) is 26.3 Å². The molecular weight excluding hydrogens is 410 g/mol.